The number of aromatic nitrogens is 2. The Bertz CT molecular complexity index is 354. The molecular formula is C11H16N4O. The molecule has 0 aromatic carbocycles. The van der Waals surface area contributed by atoms with Crippen molar-refractivity contribution in [3.8, 4) is 0 Å². The molecule has 0 unspecified atom stereocenters. The van der Waals surface area contributed by atoms with Crippen LogP contribution in [0.15, 0.2) is 18.6 Å². The van der Waals surface area contributed by atoms with Crippen LogP contribution in [0.3, 0.4) is 0 Å². The molecule has 0 bridgehead atoms. The van der Waals surface area contributed by atoms with Gasteiger partial charge in [-0.3, -0.25) is 9.69 Å². The molecule has 5 nitrogen and oxygen atoms in total. The van der Waals surface area contributed by atoms with Crippen molar-refractivity contribution in [1.82, 2.24) is 14.9 Å². The normalized spacial score (nSPS) is 21.1. The minimum atomic E-state index is -0.242. The zero-order valence-corrected chi connectivity index (χ0v) is 9.17. The summed E-state index contributed by atoms with van der Waals surface area (Å²) in [4.78, 5) is 21.2. The van der Waals surface area contributed by atoms with Crippen LogP contribution in [0.25, 0.3) is 0 Å². The van der Waals surface area contributed by atoms with E-state index in [0.717, 1.165) is 31.6 Å². The average molecular weight is 220 g/mol. The molecule has 2 N–H and O–H groups in total. The van der Waals surface area contributed by atoms with Crippen LogP contribution in [0.5, 0.6) is 0 Å². The molecule has 1 saturated heterocycles. The Morgan fingerprint density at radius 3 is 3.19 bits per heavy atom. The van der Waals surface area contributed by atoms with E-state index in [4.69, 9.17) is 5.73 Å². The number of nitrogens with zero attached hydrogens (tertiary/aromatic N) is 3. The maximum atomic E-state index is 10.8. The van der Waals surface area contributed by atoms with Crippen molar-refractivity contribution in [3.05, 3.63) is 24.3 Å². The third-order valence-electron chi connectivity index (χ3n) is 2.96. The van der Waals surface area contributed by atoms with Crippen molar-refractivity contribution in [2.75, 3.05) is 13.1 Å². The summed E-state index contributed by atoms with van der Waals surface area (Å²) in [5, 5.41) is 0. The predicted molar refractivity (Wildman–Crippen MR) is 59.4 cm³/mol. The molecular weight excluding hydrogens is 204 g/mol. The summed E-state index contributed by atoms with van der Waals surface area (Å²) < 4.78 is 0. The molecule has 0 spiro atoms. The lowest BCUT2D eigenvalue weighted by molar-refractivity contribution is -0.118. The highest BCUT2D eigenvalue weighted by atomic mass is 16.1. The van der Waals surface area contributed by atoms with Crippen molar-refractivity contribution in [2.24, 2.45) is 5.73 Å². The molecule has 0 saturated carbocycles. The number of rotatable bonds is 4. The molecule has 1 aliphatic heterocycles. The van der Waals surface area contributed by atoms with Gasteiger partial charge in [0.05, 0.1) is 11.7 Å². The lowest BCUT2D eigenvalue weighted by atomic mass is 10.1. The van der Waals surface area contributed by atoms with Crippen LogP contribution in [0.1, 0.15) is 31.0 Å². The second-order valence-corrected chi connectivity index (χ2v) is 4.04. The molecule has 2 heterocycles. The van der Waals surface area contributed by atoms with Gasteiger partial charge in [-0.2, -0.15) is 0 Å². The summed E-state index contributed by atoms with van der Waals surface area (Å²) >= 11 is 0. The first-order chi connectivity index (χ1) is 7.77. The van der Waals surface area contributed by atoms with Crippen LogP contribution in [0.4, 0.5) is 0 Å². The number of hydrogen-bond acceptors (Lipinski definition) is 4. The highest BCUT2D eigenvalue weighted by Gasteiger charge is 2.26. The molecule has 1 aromatic heterocycles. The van der Waals surface area contributed by atoms with Crippen molar-refractivity contribution < 1.29 is 4.79 Å². The van der Waals surface area contributed by atoms with Gasteiger partial charge in [0.25, 0.3) is 0 Å². The molecule has 2 rings (SSSR count). The van der Waals surface area contributed by atoms with Crippen LogP contribution >= 0.6 is 0 Å². The second-order valence-electron chi connectivity index (χ2n) is 4.04. The van der Waals surface area contributed by atoms with Gasteiger partial charge in [-0.1, -0.05) is 0 Å². The van der Waals surface area contributed by atoms with Gasteiger partial charge >= 0.3 is 0 Å². The predicted octanol–water partition coefficient (Wildman–Crippen LogP) is 0.489. The quantitative estimate of drug-likeness (QED) is 0.801. The van der Waals surface area contributed by atoms with E-state index in [1.54, 1.807) is 12.5 Å². The lowest BCUT2D eigenvalue weighted by Gasteiger charge is -2.23. The lowest BCUT2D eigenvalue weighted by Crippen LogP contribution is -2.28. The fourth-order valence-electron chi connectivity index (χ4n) is 2.18. The fraction of sp³-hybridized carbons (Fsp3) is 0.545. The van der Waals surface area contributed by atoms with Gasteiger partial charge in [0.2, 0.25) is 5.91 Å². The van der Waals surface area contributed by atoms with E-state index < -0.39 is 0 Å². The minimum absolute atomic E-state index is 0.242. The van der Waals surface area contributed by atoms with Gasteiger partial charge in [-0.15, -0.1) is 0 Å². The Morgan fingerprint density at radius 2 is 2.50 bits per heavy atom. The first-order valence-corrected chi connectivity index (χ1v) is 5.55. The van der Waals surface area contributed by atoms with Crippen LogP contribution in [0.2, 0.25) is 0 Å². The molecule has 1 fully saturated rings. The number of amides is 1. The molecule has 16 heavy (non-hydrogen) atoms. The van der Waals surface area contributed by atoms with Crippen molar-refractivity contribution in [3.63, 3.8) is 0 Å². The van der Waals surface area contributed by atoms with Crippen LogP contribution < -0.4 is 5.73 Å². The molecule has 5 heteroatoms. The smallest absolute Gasteiger partial charge is 0.218 e. The SMILES string of the molecule is NC(=O)CCN1CCC[C@H]1c1ccncn1. The molecule has 86 valence electrons. The first-order valence-electron chi connectivity index (χ1n) is 5.55. The molecule has 0 radical (unpaired) electrons. The van der Waals surface area contributed by atoms with Gasteiger partial charge in [0, 0.05) is 19.2 Å². The summed E-state index contributed by atoms with van der Waals surface area (Å²) in [6.07, 6.45) is 5.98. The van der Waals surface area contributed by atoms with Gasteiger partial charge in [0.1, 0.15) is 6.33 Å². The van der Waals surface area contributed by atoms with E-state index in [-0.39, 0.29) is 5.91 Å². The molecule has 1 aromatic rings. The number of likely N-dealkylation sites (tertiary alicyclic amines) is 1. The third-order valence-corrected chi connectivity index (χ3v) is 2.96. The van der Waals surface area contributed by atoms with Crippen LogP contribution in [0, 0.1) is 0 Å². The number of primary amides is 1. The molecule has 0 aliphatic carbocycles. The summed E-state index contributed by atoms with van der Waals surface area (Å²) in [7, 11) is 0. The second kappa shape index (κ2) is 5.03. The largest absolute Gasteiger partial charge is 0.370 e. The Hall–Kier alpha value is -1.49. The number of carbonyl (C=O) groups excluding carboxylic acids is 1. The Kier molecular flexibility index (Phi) is 3.46. The van der Waals surface area contributed by atoms with Crippen molar-refractivity contribution in [1.29, 1.82) is 0 Å². The third kappa shape index (κ3) is 2.55. The van der Waals surface area contributed by atoms with E-state index in [2.05, 4.69) is 14.9 Å². The fourth-order valence-corrected chi connectivity index (χ4v) is 2.18. The van der Waals surface area contributed by atoms with E-state index >= 15 is 0 Å². The molecule has 1 aliphatic rings. The van der Waals surface area contributed by atoms with Crippen LogP contribution in [-0.2, 0) is 4.79 Å². The number of nitrogens with two attached hydrogens (primary N) is 1. The Labute approximate surface area is 94.7 Å². The van der Waals surface area contributed by atoms with Crippen LogP contribution in [-0.4, -0.2) is 33.9 Å². The first kappa shape index (κ1) is 11.0. The molecule has 1 amide bonds. The van der Waals surface area contributed by atoms with E-state index in [1.165, 1.54) is 0 Å². The van der Waals surface area contributed by atoms with Gasteiger partial charge in [0.15, 0.2) is 0 Å². The standard InChI is InChI=1S/C11H16N4O/c12-11(16)4-7-15-6-1-2-10(15)9-3-5-13-8-14-9/h3,5,8,10H,1-2,4,6-7H2,(H2,12,16)/t10-/m0/s1. The Balaban J connectivity index is 2.01. The number of hydrogen-bond donors (Lipinski definition) is 1. The summed E-state index contributed by atoms with van der Waals surface area (Å²) in [5.41, 5.74) is 6.20. The molecule has 1 atom stereocenters. The van der Waals surface area contributed by atoms with Crippen molar-refractivity contribution >= 4 is 5.91 Å². The van der Waals surface area contributed by atoms with E-state index in [1.807, 2.05) is 6.07 Å². The highest BCUT2D eigenvalue weighted by Crippen LogP contribution is 2.30. The summed E-state index contributed by atoms with van der Waals surface area (Å²) in [6, 6.07) is 2.26. The van der Waals surface area contributed by atoms with E-state index in [0.29, 0.717) is 12.5 Å². The zero-order valence-electron chi connectivity index (χ0n) is 9.17. The Morgan fingerprint density at radius 1 is 1.62 bits per heavy atom. The van der Waals surface area contributed by atoms with Gasteiger partial charge in [-0.25, -0.2) is 9.97 Å². The minimum Gasteiger partial charge on any atom is -0.370 e. The highest BCUT2D eigenvalue weighted by molar-refractivity contribution is 5.73. The maximum Gasteiger partial charge on any atom is 0.218 e. The maximum absolute atomic E-state index is 10.8. The average Bonchev–Trinajstić information content (AvgIpc) is 2.75. The van der Waals surface area contributed by atoms with E-state index in [9.17, 15) is 4.79 Å². The topological polar surface area (TPSA) is 72.1 Å². The number of carbonyl (C=O) groups is 1. The van der Waals surface area contributed by atoms with Gasteiger partial charge in [-0.05, 0) is 25.5 Å². The monoisotopic (exact) mass is 220 g/mol. The summed E-state index contributed by atoms with van der Waals surface area (Å²) in [6.45, 7) is 1.74. The van der Waals surface area contributed by atoms with Gasteiger partial charge < -0.3 is 5.73 Å². The van der Waals surface area contributed by atoms with Crippen molar-refractivity contribution in [2.45, 2.75) is 25.3 Å². The zero-order chi connectivity index (χ0) is 11.4. The summed E-state index contributed by atoms with van der Waals surface area (Å²) in [5.74, 6) is -0.242.